The summed E-state index contributed by atoms with van der Waals surface area (Å²) >= 11 is 1.32. The molecule has 0 atom stereocenters. The molecule has 0 aliphatic carbocycles. The fourth-order valence-corrected chi connectivity index (χ4v) is 4.05. The molecule has 5 rings (SSSR count). The summed E-state index contributed by atoms with van der Waals surface area (Å²) in [5.74, 6) is 0.927. The van der Waals surface area contributed by atoms with E-state index < -0.39 is 0 Å². The topological polar surface area (TPSA) is 75.1 Å². The molecule has 148 valence electrons. The Morgan fingerprint density at radius 1 is 0.967 bits per heavy atom. The Morgan fingerprint density at radius 3 is 2.53 bits per heavy atom. The number of hydrogen-bond acceptors (Lipinski definition) is 6. The lowest BCUT2D eigenvalue weighted by Gasteiger charge is -2.13. The summed E-state index contributed by atoms with van der Waals surface area (Å²) in [4.78, 5) is 9.07. The Morgan fingerprint density at radius 2 is 1.73 bits per heavy atom. The molecule has 0 radical (unpaired) electrons. The van der Waals surface area contributed by atoms with Crippen LogP contribution < -0.4 is 14.4 Å². The molecule has 0 spiro atoms. The van der Waals surface area contributed by atoms with Crippen LogP contribution in [-0.2, 0) is 0 Å². The van der Waals surface area contributed by atoms with Crippen molar-refractivity contribution in [3.63, 3.8) is 0 Å². The number of thioether (sulfide) groups is 1. The van der Waals surface area contributed by atoms with Crippen molar-refractivity contribution in [3.8, 4) is 23.0 Å². The second-order valence-corrected chi connectivity index (χ2v) is 7.48. The Bertz CT molecular complexity index is 1420. The zero-order valence-corrected chi connectivity index (χ0v) is 17.3. The predicted octanol–water partition coefficient (Wildman–Crippen LogP) is 3.78. The van der Waals surface area contributed by atoms with Crippen molar-refractivity contribution in [1.29, 1.82) is 0 Å². The average molecular weight is 414 g/mol. The second kappa shape index (κ2) is 7.42. The first-order valence-electron chi connectivity index (χ1n) is 9.60. The number of benzene rings is 3. The number of fused-ring (bicyclic) bond motifs is 4. The first kappa shape index (κ1) is 18.6. The van der Waals surface area contributed by atoms with Crippen LogP contribution in [0, 0.1) is 0 Å². The largest absolute Gasteiger partial charge is 0.856 e. The molecule has 0 N–H and O–H groups in total. The van der Waals surface area contributed by atoms with Gasteiger partial charge in [0.05, 0.1) is 12.0 Å². The summed E-state index contributed by atoms with van der Waals surface area (Å²) in [6, 6.07) is 19.6. The van der Waals surface area contributed by atoms with Crippen molar-refractivity contribution in [2.75, 3.05) is 12.9 Å². The van der Waals surface area contributed by atoms with E-state index in [4.69, 9.17) is 9.72 Å². The molecule has 0 fully saturated rings. The summed E-state index contributed by atoms with van der Waals surface area (Å²) in [6.07, 6.45) is 1.85. The van der Waals surface area contributed by atoms with E-state index in [1.807, 2.05) is 73.8 Å². The zero-order chi connectivity index (χ0) is 20.7. The summed E-state index contributed by atoms with van der Waals surface area (Å²) in [5, 5.41) is 20.8. The van der Waals surface area contributed by atoms with Crippen LogP contribution in [0.5, 0.6) is 11.6 Å². The van der Waals surface area contributed by atoms with Crippen molar-refractivity contribution in [2.24, 2.45) is 0 Å². The maximum absolute atomic E-state index is 13.0. The van der Waals surface area contributed by atoms with Crippen LogP contribution in [0.2, 0.25) is 0 Å². The smallest absolute Gasteiger partial charge is 0.361 e. The summed E-state index contributed by atoms with van der Waals surface area (Å²) < 4.78 is 7.59. The molecule has 2 aromatic heterocycles. The fraction of sp³-hybridized carbons (Fsp3) is 0.130. The first-order chi connectivity index (χ1) is 14.7. The summed E-state index contributed by atoms with van der Waals surface area (Å²) in [6.45, 7) is 2.46. The third kappa shape index (κ3) is 2.90. The molecule has 0 bridgehead atoms. The van der Waals surface area contributed by atoms with Crippen LogP contribution in [-0.4, -0.2) is 27.9 Å². The van der Waals surface area contributed by atoms with Gasteiger partial charge in [0.25, 0.3) is 0 Å². The van der Waals surface area contributed by atoms with Gasteiger partial charge in [-0.15, -0.1) is 0 Å². The Hall–Kier alpha value is -3.45. The first-order valence-corrected chi connectivity index (χ1v) is 10.8. The minimum Gasteiger partial charge on any atom is -0.856 e. The average Bonchev–Trinajstić information content (AvgIpc) is 2.78. The van der Waals surface area contributed by atoms with E-state index >= 15 is 0 Å². The molecular formula is C23H18N4O2S. The van der Waals surface area contributed by atoms with Gasteiger partial charge in [-0.2, -0.15) is 0 Å². The molecule has 5 aromatic rings. The predicted molar refractivity (Wildman–Crippen MR) is 116 cm³/mol. The van der Waals surface area contributed by atoms with E-state index in [2.05, 4.69) is 10.1 Å². The lowest BCUT2D eigenvalue weighted by Crippen LogP contribution is -2.34. The maximum atomic E-state index is 13.0. The van der Waals surface area contributed by atoms with Gasteiger partial charge in [-0.1, -0.05) is 58.7 Å². The van der Waals surface area contributed by atoms with E-state index in [0.717, 1.165) is 21.7 Å². The standard InChI is InChI=1S/C23H18N4O2S/c1-3-29-18-13-12-14-8-4-5-9-15(14)19(18)21-24-17-11-7-6-10-16(17)20-22(28)25-23(30-2)26-27(20)21/h4-13H,3H2,1-2H3. The summed E-state index contributed by atoms with van der Waals surface area (Å²) in [7, 11) is 0. The van der Waals surface area contributed by atoms with Gasteiger partial charge in [-0.25, -0.2) is 4.98 Å². The molecular weight excluding hydrogens is 396 g/mol. The van der Waals surface area contributed by atoms with Gasteiger partial charge < -0.3 is 9.84 Å². The molecule has 0 amide bonds. The van der Waals surface area contributed by atoms with Gasteiger partial charge >= 0.3 is 5.82 Å². The number of nitrogens with zero attached hydrogens (tertiary/aromatic N) is 4. The fourth-order valence-electron chi connectivity index (χ4n) is 3.71. The van der Waals surface area contributed by atoms with Crippen LogP contribution in [0.4, 0.5) is 0 Å². The molecule has 7 heteroatoms. The molecule has 2 heterocycles. The molecule has 0 saturated carbocycles. The van der Waals surface area contributed by atoms with Crippen LogP contribution in [0.3, 0.4) is 0 Å². The monoisotopic (exact) mass is 414 g/mol. The van der Waals surface area contributed by atoms with Gasteiger partial charge in [-0.05, 0) is 46.8 Å². The summed E-state index contributed by atoms with van der Waals surface area (Å²) in [5.41, 5.74) is 1.92. The van der Waals surface area contributed by atoms with Gasteiger partial charge in [0.1, 0.15) is 11.3 Å². The van der Waals surface area contributed by atoms with Crippen molar-refractivity contribution in [1.82, 2.24) is 15.1 Å². The van der Waals surface area contributed by atoms with Gasteiger partial charge in [-0.3, -0.25) is 0 Å². The number of para-hydroxylation sites is 1. The van der Waals surface area contributed by atoms with E-state index in [1.165, 1.54) is 11.8 Å². The minimum absolute atomic E-state index is 0.326. The van der Waals surface area contributed by atoms with Gasteiger partial charge in [0.2, 0.25) is 5.16 Å². The van der Waals surface area contributed by atoms with Gasteiger partial charge in [0, 0.05) is 11.3 Å². The van der Waals surface area contributed by atoms with Crippen molar-refractivity contribution in [3.05, 3.63) is 60.7 Å². The molecule has 3 aromatic carbocycles. The number of ether oxygens (including phenoxy) is 1. The number of hydrogen-bond donors (Lipinski definition) is 0. The molecule has 0 aliphatic rings. The number of aromatic nitrogens is 4. The molecule has 0 unspecified atom stereocenters. The van der Waals surface area contributed by atoms with Crippen LogP contribution in [0.25, 0.3) is 38.6 Å². The highest BCUT2D eigenvalue weighted by molar-refractivity contribution is 7.98. The maximum Gasteiger partial charge on any atom is 0.361 e. The lowest BCUT2D eigenvalue weighted by molar-refractivity contribution is -0.579. The third-order valence-corrected chi connectivity index (χ3v) is 5.52. The molecule has 30 heavy (non-hydrogen) atoms. The SMILES string of the molecule is CCOc1ccc2ccccc2c1-c1nc2ccccc2c2c([O-])nc(SC)n[n+]12. The minimum atomic E-state index is -0.326. The number of rotatable bonds is 4. The highest BCUT2D eigenvalue weighted by Gasteiger charge is 2.27. The normalized spacial score (nSPS) is 11.4. The van der Waals surface area contributed by atoms with Crippen molar-refractivity contribution in [2.45, 2.75) is 12.1 Å². The Balaban J connectivity index is 2.01. The molecule has 0 saturated heterocycles. The van der Waals surface area contributed by atoms with Crippen LogP contribution >= 0.6 is 11.8 Å². The second-order valence-electron chi connectivity index (χ2n) is 6.71. The Labute approximate surface area is 177 Å². The van der Waals surface area contributed by atoms with Crippen LogP contribution in [0.1, 0.15) is 6.92 Å². The van der Waals surface area contributed by atoms with Crippen molar-refractivity contribution < 1.29 is 14.4 Å². The quantitative estimate of drug-likeness (QED) is 0.253. The zero-order valence-electron chi connectivity index (χ0n) is 16.5. The molecule has 6 nitrogen and oxygen atoms in total. The van der Waals surface area contributed by atoms with Crippen molar-refractivity contribution >= 4 is 39.0 Å². The van der Waals surface area contributed by atoms with E-state index in [0.29, 0.717) is 34.4 Å². The van der Waals surface area contributed by atoms with Gasteiger partial charge in [0.15, 0.2) is 11.0 Å². The van der Waals surface area contributed by atoms with E-state index in [9.17, 15) is 5.11 Å². The van der Waals surface area contributed by atoms with E-state index in [-0.39, 0.29) is 5.88 Å². The third-order valence-electron chi connectivity index (χ3n) is 4.98. The van der Waals surface area contributed by atoms with Crippen LogP contribution in [0.15, 0.2) is 65.8 Å². The Kier molecular flexibility index (Phi) is 4.59. The van der Waals surface area contributed by atoms with E-state index in [1.54, 1.807) is 4.52 Å². The highest BCUT2D eigenvalue weighted by Crippen LogP contribution is 2.36. The molecule has 0 aliphatic heterocycles. The highest BCUT2D eigenvalue weighted by atomic mass is 32.2. The lowest BCUT2D eigenvalue weighted by atomic mass is 10.0.